The SMILES string of the molecule is CC1CC(C(=O)Nc2ncccc2Br)(C(N)=S)C1. The molecule has 0 spiro atoms. The number of nitrogens with one attached hydrogen (secondary N) is 1. The van der Waals surface area contributed by atoms with Crippen LogP contribution in [0.3, 0.4) is 0 Å². The Morgan fingerprint density at radius 1 is 1.67 bits per heavy atom. The Morgan fingerprint density at radius 3 is 2.83 bits per heavy atom. The molecule has 1 aromatic heterocycles. The highest BCUT2D eigenvalue weighted by atomic mass is 79.9. The second-order valence-corrected chi connectivity index (χ2v) is 6.04. The Labute approximate surface area is 119 Å². The third-order valence-corrected chi connectivity index (χ3v) is 4.32. The van der Waals surface area contributed by atoms with Gasteiger partial charge < -0.3 is 11.1 Å². The Bertz CT molecular complexity index is 500. The fourth-order valence-electron chi connectivity index (χ4n) is 2.33. The smallest absolute Gasteiger partial charge is 0.238 e. The lowest BCUT2D eigenvalue weighted by molar-refractivity contribution is -0.127. The number of nitrogens with zero attached hydrogens (tertiary/aromatic N) is 1. The van der Waals surface area contributed by atoms with E-state index in [1.165, 1.54) is 0 Å². The zero-order valence-corrected chi connectivity index (χ0v) is 12.3. The molecule has 0 radical (unpaired) electrons. The zero-order valence-electron chi connectivity index (χ0n) is 9.94. The first-order valence-corrected chi connectivity index (χ1v) is 6.88. The number of halogens is 1. The summed E-state index contributed by atoms with van der Waals surface area (Å²) in [4.78, 5) is 16.7. The Morgan fingerprint density at radius 2 is 2.33 bits per heavy atom. The number of nitrogens with two attached hydrogens (primary N) is 1. The van der Waals surface area contributed by atoms with Crippen molar-refractivity contribution < 1.29 is 4.79 Å². The molecule has 2 rings (SSSR count). The molecule has 0 unspecified atom stereocenters. The number of rotatable bonds is 3. The highest BCUT2D eigenvalue weighted by molar-refractivity contribution is 9.10. The second-order valence-electron chi connectivity index (χ2n) is 4.75. The van der Waals surface area contributed by atoms with E-state index < -0.39 is 5.41 Å². The summed E-state index contributed by atoms with van der Waals surface area (Å²) in [6.07, 6.45) is 3.04. The molecular weight excluding hydrogens is 314 g/mol. The molecular formula is C12H14BrN3OS. The van der Waals surface area contributed by atoms with Gasteiger partial charge in [0.1, 0.15) is 5.82 Å². The highest BCUT2D eigenvalue weighted by Crippen LogP contribution is 2.46. The van der Waals surface area contributed by atoms with Gasteiger partial charge in [-0.1, -0.05) is 19.1 Å². The third-order valence-electron chi connectivity index (χ3n) is 3.29. The molecule has 96 valence electrons. The van der Waals surface area contributed by atoms with Crippen LogP contribution in [0, 0.1) is 11.3 Å². The topological polar surface area (TPSA) is 68.0 Å². The highest BCUT2D eigenvalue weighted by Gasteiger charge is 2.51. The van der Waals surface area contributed by atoms with Crippen LogP contribution >= 0.6 is 28.1 Å². The standard InChI is InChI=1S/C12H14BrN3OS/c1-7-5-12(6-7,10(14)18)11(17)16-9-8(13)3-2-4-15-9/h2-4,7H,5-6H2,1H3,(H2,14,18)(H,15,16,17). The lowest BCUT2D eigenvalue weighted by Gasteiger charge is -2.43. The van der Waals surface area contributed by atoms with Crippen LogP contribution in [0.4, 0.5) is 5.82 Å². The first-order valence-electron chi connectivity index (χ1n) is 5.67. The molecule has 1 heterocycles. The van der Waals surface area contributed by atoms with Crippen molar-refractivity contribution in [2.24, 2.45) is 17.1 Å². The summed E-state index contributed by atoms with van der Waals surface area (Å²) in [7, 11) is 0. The van der Waals surface area contributed by atoms with E-state index in [2.05, 4.69) is 33.2 Å². The summed E-state index contributed by atoms with van der Waals surface area (Å²) in [6.45, 7) is 2.08. The van der Waals surface area contributed by atoms with Crippen molar-refractivity contribution in [3.8, 4) is 0 Å². The lowest BCUT2D eigenvalue weighted by Crippen LogP contribution is -2.54. The molecule has 4 nitrogen and oxygen atoms in total. The van der Waals surface area contributed by atoms with Crippen LogP contribution in [0.25, 0.3) is 0 Å². The number of hydrogen-bond acceptors (Lipinski definition) is 3. The van der Waals surface area contributed by atoms with Crippen molar-refractivity contribution in [1.82, 2.24) is 4.98 Å². The molecule has 1 amide bonds. The first kappa shape index (κ1) is 13.4. The molecule has 1 aliphatic carbocycles. The molecule has 6 heteroatoms. The van der Waals surface area contributed by atoms with Crippen molar-refractivity contribution in [2.45, 2.75) is 19.8 Å². The van der Waals surface area contributed by atoms with Crippen LogP contribution in [0.1, 0.15) is 19.8 Å². The molecule has 1 saturated carbocycles. The Balaban J connectivity index is 2.17. The minimum Gasteiger partial charge on any atom is -0.392 e. The van der Waals surface area contributed by atoms with Gasteiger partial charge >= 0.3 is 0 Å². The van der Waals surface area contributed by atoms with Gasteiger partial charge in [-0.15, -0.1) is 0 Å². The number of amides is 1. The molecule has 18 heavy (non-hydrogen) atoms. The fourth-order valence-corrected chi connectivity index (χ4v) is 2.95. The van der Waals surface area contributed by atoms with E-state index in [0.717, 1.165) is 4.47 Å². The van der Waals surface area contributed by atoms with E-state index in [-0.39, 0.29) is 10.9 Å². The van der Waals surface area contributed by atoms with Gasteiger partial charge in [0.05, 0.1) is 14.9 Å². The van der Waals surface area contributed by atoms with Gasteiger partial charge in [-0.05, 0) is 46.8 Å². The maximum Gasteiger partial charge on any atom is 0.238 e. The lowest BCUT2D eigenvalue weighted by atomic mass is 9.62. The molecule has 0 bridgehead atoms. The number of pyridine rings is 1. The number of carbonyl (C=O) groups is 1. The monoisotopic (exact) mass is 327 g/mol. The molecule has 3 N–H and O–H groups in total. The molecule has 0 aliphatic heterocycles. The van der Waals surface area contributed by atoms with Crippen LogP contribution in [0.5, 0.6) is 0 Å². The predicted octanol–water partition coefficient (Wildman–Crippen LogP) is 2.49. The molecule has 1 aliphatic rings. The van der Waals surface area contributed by atoms with Gasteiger partial charge in [0.15, 0.2) is 0 Å². The van der Waals surface area contributed by atoms with Crippen molar-refractivity contribution in [1.29, 1.82) is 0 Å². The van der Waals surface area contributed by atoms with Gasteiger partial charge in [0.2, 0.25) is 5.91 Å². The molecule has 1 aromatic rings. The third kappa shape index (κ3) is 2.27. The van der Waals surface area contributed by atoms with Gasteiger partial charge in [-0.2, -0.15) is 0 Å². The average molecular weight is 328 g/mol. The van der Waals surface area contributed by atoms with Crippen molar-refractivity contribution in [3.05, 3.63) is 22.8 Å². The van der Waals surface area contributed by atoms with E-state index in [1.54, 1.807) is 12.3 Å². The van der Waals surface area contributed by atoms with Crippen LogP contribution in [0.2, 0.25) is 0 Å². The van der Waals surface area contributed by atoms with Gasteiger partial charge in [0.25, 0.3) is 0 Å². The number of anilines is 1. The van der Waals surface area contributed by atoms with E-state index in [1.807, 2.05) is 6.07 Å². The quantitative estimate of drug-likeness (QED) is 0.837. The second kappa shape index (κ2) is 4.93. The Hall–Kier alpha value is -1.01. The Kier molecular flexibility index (Phi) is 3.68. The normalized spacial score (nSPS) is 26.2. The van der Waals surface area contributed by atoms with Crippen molar-refractivity contribution in [3.63, 3.8) is 0 Å². The maximum atomic E-state index is 12.3. The molecule has 0 aromatic carbocycles. The van der Waals surface area contributed by atoms with Gasteiger partial charge in [-0.25, -0.2) is 4.98 Å². The maximum absolute atomic E-state index is 12.3. The minimum absolute atomic E-state index is 0.160. The summed E-state index contributed by atoms with van der Waals surface area (Å²) in [5.74, 6) is 0.814. The van der Waals surface area contributed by atoms with E-state index >= 15 is 0 Å². The van der Waals surface area contributed by atoms with Crippen LogP contribution in [0.15, 0.2) is 22.8 Å². The average Bonchev–Trinajstić information content (AvgIpc) is 2.27. The number of thiocarbonyl (C=S) groups is 1. The van der Waals surface area contributed by atoms with Crippen molar-refractivity contribution >= 4 is 44.9 Å². The van der Waals surface area contributed by atoms with Gasteiger partial charge in [0, 0.05) is 6.20 Å². The summed E-state index contributed by atoms with van der Waals surface area (Å²) in [5.41, 5.74) is 5.02. The summed E-state index contributed by atoms with van der Waals surface area (Å²) >= 11 is 8.38. The molecule has 1 fully saturated rings. The fraction of sp³-hybridized carbons (Fsp3) is 0.417. The summed E-state index contributed by atoms with van der Waals surface area (Å²) in [5, 5.41) is 2.79. The number of carbonyl (C=O) groups excluding carboxylic acids is 1. The number of hydrogen-bond donors (Lipinski definition) is 2. The van der Waals surface area contributed by atoms with E-state index in [9.17, 15) is 4.79 Å². The number of aromatic nitrogens is 1. The van der Waals surface area contributed by atoms with Crippen LogP contribution in [-0.4, -0.2) is 15.9 Å². The predicted molar refractivity (Wildman–Crippen MR) is 78.2 cm³/mol. The van der Waals surface area contributed by atoms with Crippen molar-refractivity contribution in [2.75, 3.05) is 5.32 Å². The minimum atomic E-state index is -0.703. The first-order chi connectivity index (χ1) is 8.45. The zero-order chi connectivity index (χ0) is 13.3. The van der Waals surface area contributed by atoms with E-state index in [4.69, 9.17) is 18.0 Å². The largest absolute Gasteiger partial charge is 0.392 e. The molecule has 0 saturated heterocycles. The van der Waals surface area contributed by atoms with E-state index in [0.29, 0.717) is 24.6 Å². The summed E-state index contributed by atoms with van der Waals surface area (Å²) in [6, 6.07) is 3.61. The summed E-state index contributed by atoms with van der Waals surface area (Å²) < 4.78 is 0.740. The van der Waals surface area contributed by atoms with Crippen LogP contribution < -0.4 is 11.1 Å². The van der Waals surface area contributed by atoms with Gasteiger partial charge in [-0.3, -0.25) is 4.79 Å². The van der Waals surface area contributed by atoms with Crippen LogP contribution in [-0.2, 0) is 4.79 Å². The molecule has 0 atom stereocenters.